The van der Waals surface area contributed by atoms with Crippen LogP contribution in [-0.4, -0.2) is 35.9 Å². The maximum Gasteiger partial charge on any atom is 0.299 e. The summed E-state index contributed by atoms with van der Waals surface area (Å²) in [6.07, 6.45) is 0. The quantitative estimate of drug-likeness (QED) is 0.640. The number of nitro groups is 2. The molecule has 0 spiro atoms. The van der Waals surface area contributed by atoms with E-state index in [1.165, 1.54) is 19.2 Å². The lowest BCUT2D eigenvalue weighted by molar-refractivity contribution is -0.393. The largest absolute Gasteiger partial charge is 0.364 e. The lowest BCUT2D eigenvalue weighted by Crippen LogP contribution is -2.53. The van der Waals surface area contributed by atoms with Gasteiger partial charge in [-0.1, -0.05) is 0 Å². The van der Waals surface area contributed by atoms with Gasteiger partial charge < -0.3 is 10.2 Å². The summed E-state index contributed by atoms with van der Waals surface area (Å²) in [5.41, 5.74) is -0.362. The Bertz CT molecular complexity index is 582. The number of hydrogen-bond donors (Lipinski definition) is 1. The molecule has 9 heteroatoms. The van der Waals surface area contributed by atoms with Gasteiger partial charge in [0, 0.05) is 26.2 Å². The Kier molecular flexibility index (Phi) is 3.51. The standard InChI is InChI=1S/C11H12N4O5/c1-12-11(16)7-5-13(6-7)9-3-2-8(14(17)18)4-10(9)15(19)20/h2-4,7H,5-6H2,1H3,(H,12,16). The number of nitrogens with one attached hydrogen (secondary N) is 1. The first-order chi connectivity index (χ1) is 9.43. The molecule has 1 aromatic rings. The molecule has 0 bridgehead atoms. The fourth-order valence-corrected chi connectivity index (χ4v) is 2.08. The molecule has 1 saturated heterocycles. The van der Waals surface area contributed by atoms with Crippen LogP contribution in [0.2, 0.25) is 0 Å². The lowest BCUT2D eigenvalue weighted by atomic mass is 9.98. The van der Waals surface area contributed by atoms with Crippen molar-refractivity contribution in [1.29, 1.82) is 0 Å². The van der Waals surface area contributed by atoms with E-state index in [0.717, 1.165) is 6.07 Å². The van der Waals surface area contributed by atoms with Crippen LogP contribution >= 0.6 is 0 Å². The highest BCUT2D eigenvalue weighted by Gasteiger charge is 2.35. The van der Waals surface area contributed by atoms with Crippen LogP contribution in [0.5, 0.6) is 0 Å². The van der Waals surface area contributed by atoms with E-state index in [4.69, 9.17) is 0 Å². The van der Waals surface area contributed by atoms with E-state index in [1.54, 1.807) is 4.90 Å². The summed E-state index contributed by atoms with van der Waals surface area (Å²) in [5.74, 6) is -0.333. The third-order valence-electron chi connectivity index (χ3n) is 3.21. The van der Waals surface area contributed by atoms with E-state index in [9.17, 15) is 25.0 Å². The minimum absolute atomic E-state index is 0.120. The second-order valence-electron chi connectivity index (χ2n) is 4.40. The third kappa shape index (κ3) is 2.37. The van der Waals surface area contributed by atoms with Crippen molar-refractivity contribution in [3.8, 4) is 0 Å². The Balaban J connectivity index is 2.23. The van der Waals surface area contributed by atoms with E-state index < -0.39 is 9.85 Å². The Hall–Kier alpha value is -2.71. The van der Waals surface area contributed by atoms with Crippen molar-refractivity contribution in [2.75, 3.05) is 25.0 Å². The van der Waals surface area contributed by atoms with Gasteiger partial charge >= 0.3 is 0 Å². The second kappa shape index (κ2) is 5.11. The number of carbonyl (C=O) groups is 1. The van der Waals surface area contributed by atoms with Gasteiger partial charge in [-0.25, -0.2) is 0 Å². The van der Waals surface area contributed by atoms with Gasteiger partial charge in [0.05, 0.1) is 21.8 Å². The average Bonchev–Trinajstić information content (AvgIpc) is 2.36. The van der Waals surface area contributed by atoms with Gasteiger partial charge in [-0.15, -0.1) is 0 Å². The number of carbonyl (C=O) groups excluding carboxylic acids is 1. The highest BCUT2D eigenvalue weighted by Crippen LogP contribution is 2.35. The highest BCUT2D eigenvalue weighted by atomic mass is 16.6. The fourth-order valence-electron chi connectivity index (χ4n) is 2.08. The summed E-state index contributed by atoms with van der Waals surface area (Å²) in [4.78, 5) is 33.3. The zero-order valence-electron chi connectivity index (χ0n) is 10.6. The van der Waals surface area contributed by atoms with Crippen molar-refractivity contribution in [2.45, 2.75) is 0 Å². The first-order valence-corrected chi connectivity index (χ1v) is 5.83. The zero-order valence-corrected chi connectivity index (χ0v) is 10.6. The van der Waals surface area contributed by atoms with Gasteiger partial charge in [-0.2, -0.15) is 0 Å². The van der Waals surface area contributed by atoms with Crippen LogP contribution < -0.4 is 10.2 Å². The number of nitro benzene ring substituents is 2. The molecule has 1 fully saturated rings. The minimum Gasteiger partial charge on any atom is -0.364 e. The van der Waals surface area contributed by atoms with Crippen LogP contribution in [0.4, 0.5) is 17.1 Å². The van der Waals surface area contributed by atoms with Crippen molar-refractivity contribution < 1.29 is 14.6 Å². The number of anilines is 1. The summed E-state index contributed by atoms with van der Waals surface area (Å²) in [7, 11) is 1.53. The van der Waals surface area contributed by atoms with Gasteiger partial charge in [0.1, 0.15) is 5.69 Å². The zero-order chi connectivity index (χ0) is 14.9. The number of hydrogen-bond acceptors (Lipinski definition) is 6. The Morgan fingerprint density at radius 3 is 2.45 bits per heavy atom. The van der Waals surface area contributed by atoms with Gasteiger partial charge in [0.15, 0.2) is 0 Å². The SMILES string of the molecule is CNC(=O)C1CN(c2ccc([N+](=O)[O-])cc2[N+](=O)[O-])C1. The molecule has 1 heterocycles. The monoisotopic (exact) mass is 280 g/mol. The van der Waals surface area contributed by atoms with Crippen molar-refractivity contribution in [1.82, 2.24) is 5.32 Å². The summed E-state index contributed by atoms with van der Waals surface area (Å²) in [5, 5.41) is 24.1. The Morgan fingerprint density at radius 1 is 1.30 bits per heavy atom. The molecule has 9 nitrogen and oxygen atoms in total. The van der Waals surface area contributed by atoms with Crippen LogP contribution in [0.1, 0.15) is 0 Å². The summed E-state index contributed by atoms with van der Waals surface area (Å²) in [6, 6.07) is 3.49. The molecular formula is C11H12N4O5. The van der Waals surface area contributed by atoms with Gasteiger partial charge in [-0.3, -0.25) is 25.0 Å². The minimum atomic E-state index is -0.680. The molecule has 1 N–H and O–H groups in total. The normalized spacial score (nSPS) is 14.6. The molecule has 0 radical (unpaired) electrons. The first kappa shape index (κ1) is 13.7. The number of benzene rings is 1. The Morgan fingerprint density at radius 2 is 1.95 bits per heavy atom. The topological polar surface area (TPSA) is 119 Å². The second-order valence-corrected chi connectivity index (χ2v) is 4.40. The van der Waals surface area contributed by atoms with Crippen molar-refractivity contribution in [3.05, 3.63) is 38.4 Å². The molecule has 20 heavy (non-hydrogen) atoms. The molecule has 0 atom stereocenters. The van der Waals surface area contributed by atoms with Crippen molar-refractivity contribution in [2.24, 2.45) is 5.92 Å². The molecule has 106 valence electrons. The van der Waals surface area contributed by atoms with E-state index in [0.29, 0.717) is 18.8 Å². The molecule has 0 unspecified atom stereocenters. The molecule has 1 aliphatic heterocycles. The smallest absolute Gasteiger partial charge is 0.299 e. The predicted molar refractivity (Wildman–Crippen MR) is 69.5 cm³/mol. The van der Waals surface area contributed by atoms with E-state index >= 15 is 0 Å². The molecule has 0 aromatic heterocycles. The third-order valence-corrected chi connectivity index (χ3v) is 3.21. The first-order valence-electron chi connectivity index (χ1n) is 5.83. The maximum absolute atomic E-state index is 11.4. The van der Waals surface area contributed by atoms with E-state index in [-0.39, 0.29) is 23.2 Å². The molecule has 1 amide bonds. The molecule has 0 saturated carbocycles. The van der Waals surface area contributed by atoms with Crippen LogP contribution in [-0.2, 0) is 4.79 Å². The summed E-state index contributed by atoms with van der Waals surface area (Å²) in [6.45, 7) is 0.719. The average molecular weight is 280 g/mol. The van der Waals surface area contributed by atoms with Gasteiger partial charge in [0.2, 0.25) is 5.91 Å². The number of non-ortho nitro benzene ring substituents is 1. The molecule has 2 rings (SSSR count). The number of rotatable bonds is 4. The fraction of sp³-hybridized carbons (Fsp3) is 0.364. The highest BCUT2D eigenvalue weighted by molar-refractivity contribution is 5.82. The molecular weight excluding hydrogens is 268 g/mol. The number of amides is 1. The van der Waals surface area contributed by atoms with Gasteiger partial charge in [0.25, 0.3) is 11.4 Å². The lowest BCUT2D eigenvalue weighted by Gasteiger charge is -2.39. The number of nitrogens with zero attached hydrogens (tertiary/aromatic N) is 3. The van der Waals surface area contributed by atoms with Crippen LogP contribution in [0.3, 0.4) is 0 Å². The van der Waals surface area contributed by atoms with Crippen LogP contribution in [0, 0.1) is 26.1 Å². The van der Waals surface area contributed by atoms with Crippen LogP contribution in [0.25, 0.3) is 0 Å². The van der Waals surface area contributed by atoms with Crippen LogP contribution in [0.15, 0.2) is 18.2 Å². The molecule has 1 aromatic carbocycles. The van der Waals surface area contributed by atoms with E-state index in [1.807, 2.05) is 0 Å². The van der Waals surface area contributed by atoms with Gasteiger partial charge in [-0.05, 0) is 6.07 Å². The summed E-state index contributed by atoms with van der Waals surface area (Å²) >= 11 is 0. The predicted octanol–water partition coefficient (Wildman–Crippen LogP) is 0.685. The van der Waals surface area contributed by atoms with Crippen molar-refractivity contribution in [3.63, 3.8) is 0 Å². The molecule has 0 aliphatic carbocycles. The summed E-state index contributed by atoms with van der Waals surface area (Å²) < 4.78 is 0. The maximum atomic E-state index is 11.4. The molecule has 1 aliphatic rings. The Labute approximate surface area is 113 Å². The van der Waals surface area contributed by atoms with E-state index in [2.05, 4.69) is 5.32 Å². The van der Waals surface area contributed by atoms with Crippen molar-refractivity contribution >= 4 is 23.0 Å².